The molecule has 5 atom stereocenters. The van der Waals surface area contributed by atoms with Gasteiger partial charge < -0.3 is 33.8 Å². The van der Waals surface area contributed by atoms with E-state index in [1.165, 1.54) is 141 Å². The number of allylic oxidation sites excluding steroid dienone is 6. The molecule has 17 nitrogen and oxygen atoms in total. The minimum Gasteiger partial charge on any atom is -0.462 e. The number of carbonyl (C=O) groups is 4. The Labute approximate surface area is 573 Å². The number of ether oxygens (including phenoxy) is 4. The van der Waals surface area contributed by atoms with Gasteiger partial charge in [0.05, 0.1) is 26.4 Å². The number of phosphoric acid groups is 2. The molecule has 552 valence electrons. The Balaban J connectivity index is 5.30. The molecule has 0 bridgehead atoms. The first-order chi connectivity index (χ1) is 45.7. The fraction of sp³-hybridized carbons (Fsp3) is 0.867. The van der Waals surface area contributed by atoms with Crippen LogP contribution in [0.5, 0.6) is 0 Å². The number of rotatable bonds is 73. The van der Waals surface area contributed by atoms with Gasteiger partial charge in [-0.15, -0.1) is 0 Å². The number of aliphatic hydroxyl groups excluding tert-OH is 1. The summed E-state index contributed by atoms with van der Waals surface area (Å²) in [6, 6.07) is 0. The second-order valence-corrected chi connectivity index (χ2v) is 28.9. The normalized spacial score (nSPS) is 14.2. The molecule has 3 N–H and O–H groups in total. The maximum Gasteiger partial charge on any atom is 0.472 e. The zero-order valence-corrected chi connectivity index (χ0v) is 61.9. The fourth-order valence-corrected chi connectivity index (χ4v) is 12.3. The van der Waals surface area contributed by atoms with Gasteiger partial charge in [-0.1, -0.05) is 270 Å². The van der Waals surface area contributed by atoms with Crippen molar-refractivity contribution in [1.29, 1.82) is 0 Å². The Bertz CT molecular complexity index is 1930. The van der Waals surface area contributed by atoms with Gasteiger partial charge in [0.15, 0.2) is 12.2 Å². The van der Waals surface area contributed by atoms with Gasteiger partial charge in [0.1, 0.15) is 19.3 Å². The first-order valence-corrected chi connectivity index (χ1v) is 41.2. The lowest BCUT2D eigenvalue weighted by Crippen LogP contribution is -2.30. The Hall–Kier alpha value is -2.72. The van der Waals surface area contributed by atoms with E-state index in [1.54, 1.807) is 0 Å². The molecule has 0 spiro atoms. The molecular formula is C75H140O17P2. The number of hydrogen-bond acceptors (Lipinski definition) is 15. The molecule has 0 rings (SSSR count). The van der Waals surface area contributed by atoms with Gasteiger partial charge in [-0.05, 0) is 103 Å². The minimum atomic E-state index is -4.96. The smallest absolute Gasteiger partial charge is 0.462 e. The molecule has 0 aliphatic heterocycles. The maximum absolute atomic E-state index is 13.1. The average molecular weight is 1380 g/mol. The predicted octanol–water partition coefficient (Wildman–Crippen LogP) is 21.6. The molecule has 0 heterocycles. The molecule has 19 heteroatoms. The lowest BCUT2D eigenvalue weighted by Gasteiger charge is -2.21. The number of hydrogen-bond donors (Lipinski definition) is 3. The third-order valence-corrected chi connectivity index (χ3v) is 18.5. The van der Waals surface area contributed by atoms with Crippen LogP contribution in [0.1, 0.15) is 362 Å². The molecule has 0 amide bonds. The number of carbonyl (C=O) groups excluding carboxylic acids is 4. The van der Waals surface area contributed by atoms with E-state index >= 15 is 0 Å². The van der Waals surface area contributed by atoms with Crippen molar-refractivity contribution in [2.45, 2.75) is 380 Å². The van der Waals surface area contributed by atoms with Crippen molar-refractivity contribution < 1.29 is 80.2 Å². The molecule has 0 fully saturated rings. The summed E-state index contributed by atoms with van der Waals surface area (Å²) in [5, 5.41) is 10.6. The molecule has 0 aromatic rings. The van der Waals surface area contributed by atoms with Gasteiger partial charge in [0.25, 0.3) is 0 Å². The Morgan fingerprint density at radius 2 is 0.489 bits per heavy atom. The second kappa shape index (κ2) is 68.8. The van der Waals surface area contributed by atoms with Crippen LogP contribution < -0.4 is 0 Å². The van der Waals surface area contributed by atoms with Gasteiger partial charge in [-0.25, -0.2) is 9.13 Å². The standard InChI is InChI=1S/C75H140O17P2/c1-5-9-13-17-21-25-29-33-34-38-40-44-48-52-56-60-73(78)86-66-71(92-75(80)62-58-54-50-46-42-37-32-28-24-20-16-12-8-4)68-90-94(83,84)88-64-69(76)63-87-93(81,82)89-67-70(91-74(79)61-57-53-49-45-41-36-31-27-23-19-15-11-7-3)65-85-72(77)59-55-51-47-43-39-35-30-26-22-18-14-10-6-2/h25-26,28-30,32,69-71,76H,5-24,27,31,33-68H2,1-4H3,(H,81,82)(H,83,84)/b29-25-,30-26-,32-28-/t69-,70+,71+/m0/s1. The van der Waals surface area contributed by atoms with Crippen molar-refractivity contribution in [2.75, 3.05) is 39.6 Å². The van der Waals surface area contributed by atoms with Crippen LogP contribution in [0.15, 0.2) is 36.5 Å². The van der Waals surface area contributed by atoms with Gasteiger partial charge in [-0.3, -0.25) is 37.3 Å². The summed E-state index contributed by atoms with van der Waals surface area (Å²) in [6.45, 7) is 4.87. The summed E-state index contributed by atoms with van der Waals surface area (Å²) in [5.74, 6) is -2.16. The number of esters is 4. The molecule has 0 aromatic carbocycles. The van der Waals surface area contributed by atoms with Crippen molar-refractivity contribution in [2.24, 2.45) is 0 Å². The van der Waals surface area contributed by atoms with Crippen molar-refractivity contribution in [1.82, 2.24) is 0 Å². The van der Waals surface area contributed by atoms with Gasteiger partial charge in [0, 0.05) is 25.7 Å². The molecule has 0 radical (unpaired) electrons. The first-order valence-electron chi connectivity index (χ1n) is 38.2. The highest BCUT2D eigenvalue weighted by atomic mass is 31.2. The quantitative estimate of drug-likeness (QED) is 0.0169. The SMILES string of the molecule is CCCCCC/C=C\CCCCCCCCCC(=O)OC[C@H](COP(=O)(O)OC[C@@H](O)COP(=O)(O)OC[C@@H](COC(=O)CCCCCCC/C=C\CCCCCC)OC(=O)CCCCCCCCCCCCCCC)OC(=O)CCCCCCC/C=C\CCCCCC. The molecule has 0 saturated carbocycles. The zero-order chi connectivity index (χ0) is 69.0. The Kier molecular flexibility index (Phi) is 66.8. The number of unbranched alkanes of at least 4 members (excludes halogenated alkanes) is 41. The fourth-order valence-electron chi connectivity index (χ4n) is 10.7. The summed E-state index contributed by atoms with van der Waals surface area (Å²) < 4.78 is 68.4. The highest BCUT2D eigenvalue weighted by Crippen LogP contribution is 2.45. The maximum atomic E-state index is 13.1. The zero-order valence-electron chi connectivity index (χ0n) is 60.2. The molecular weight excluding hydrogens is 1230 g/mol. The lowest BCUT2D eigenvalue weighted by atomic mass is 10.0. The van der Waals surface area contributed by atoms with Crippen LogP contribution in [-0.2, 0) is 65.4 Å². The molecule has 2 unspecified atom stereocenters. The third-order valence-electron chi connectivity index (χ3n) is 16.6. The van der Waals surface area contributed by atoms with Gasteiger partial charge in [-0.2, -0.15) is 0 Å². The molecule has 0 aliphatic rings. The second-order valence-electron chi connectivity index (χ2n) is 25.9. The highest BCUT2D eigenvalue weighted by molar-refractivity contribution is 7.47. The summed E-state index contributed by atoms with van der Waals surface area (Å²) in [7, 11) is -9.93. The van der Waals surface area contributed by atoms with E-state index in [0.29, 0.717) is 25.7 Å². The van der Waals surface area contributed by atoms with Gasteiger partial charge >= 0.3 is 39.5 Å². The van der Waals surface area contributed by atoms with Gasteiger partial charge in [0.2, 0.25) is 0 Å². The van der Waals surface area contributed by atoms with E-state index in [0.717, 1.165) is 141 Å². The van der Waals surface area contributed by atoms with E-state index in [2.05, 4.69) is 64.2 Å². The summed E-state index contributed by atoms with van der Waals surface area (Å²) >= 11 is 0. The van der Waals surface area contributed by atoms with Crippen molar-refractivity contribution in [3.8, 4) is 0 Å². The Morgan fingerprint density at radius 3 is 0.745 bits per heavy atom. The van der Waals surface area contributed by atoms with Crippen LogP contribution in [-0.4, -0.2) is 96.7 Å². The summed E-state index contributed by atoms with van der Waals surface area (Å²) in [5.41, 5.74) is 0. The predicted molar refractivity (Wildman–Crippen MR) is 381 cm³/mol. The van der Waals surface area contributed by atoms with E-state index < -0.39 is 97.5 Å². The molecule has 0 saturated heterocycles. The molecule has 94 heavy (non-hydrogen) atoms. The van der Waals surface area contributed by atoms with Crippen LogP contribution in [0.4, 0.5) is 0 Å². The van der Waals surface area contributed by atoms with E-state index in [-0.39, 0.29) is 25.7 Å². The van der Waals surface area contributed by atoms with E-state index in [1.807, 2.05) is 0 Å². The summed E-state index contributed by atoms with van der Waals surface area (Å²) in [4.78, 5) is 72.7. The summed E-state index contributed by atoms with van der Waals surface area (Å²) in [6.07, 6.45) is 62.7. The van der Waals surface area contributed by atoms with Crippen molar-refractivity contribution in [3.05, 3.63) is 36.5 Å². The van der Waals surface area contributed by atoms with E-state index in [9.17, 15) is 43.2 Å². The topological polar surface area (TPSA) is 237 Å². The van der Waals surface area contributed by atoms with E-state index in [4.69, 9.17) is 37.0 Å². The third kappa shape index (κ3) is 67.8. The van der Waals surface area contributed by atoms with Crippen LogP contribution in [0, 0.1) is 0 Å². The first kappa shape index (κ1) is 91.3. The monoisotopic (exact) mass is 1370 g/mol. The van der Waals surface area contributed by atoms with Crippen LogP contribution in [0.3, 0.4) is 0 Å². The molecule has 0 aliphatic carbocycles. The average Bonchev–Trinajstić information content (AvgIpc) is 1.67. The number of phosphoric ester groups is 2. The van der Waals surface area contributed by atoms with Crippen LogP contribution >= 0.6 is 15.6 Å². The lowest BCUT2D eigenvalue weighted by molar-refractivity contribution is -0.161. The van der Waals surface area contributed by atoms with Crippen molar-refractivity contribution >= 4 is 39.5 Å². The minimum absolute atomic E-state index is 0.0901. The number of aliphatic hydroxyl groups is 1. The van der Waals surface area contributed by atoms with Crippen molar-refractivity contribution in [3.63, 3.8) is 0 Å². The largest absolute Gasteiger partial charge is 0.472 e. The Morgan fingerprint density at radius 1 is 0.287 bits per heavy atom. The highest BCUT2D eigenvalue weighted by Gasteiger charge is 2.30. The van der Waals surface area contributed by atoms with Crippen LogP contribution in [0.2, 0.25) is 0 Å². The molecule has 0 aromatic heterocycles. The van der Waals surface area contributed by atoms with Crippen LogP contribution in [0.25, 0.3) is 0 Å².